The van der Waals surface area contributed by atoms with Crippen molar-refractivity contribution in [2.45, 2.75) is 6.92 Å². The van der Waals surface area contributed by atoms with Crippen molar-refractivity contribution < 1.29 is 4.79 Å². The van der Waals surface area contributed by atoms with Crippen LogP contribution < -0.4 is 5.73 Å². The van der Waals surface area contributed by atoms with Crippen LogP contribution in [-0.4, -0.2) is 5.91 Å². The lowest BCUT2D eigenvalue weighted by atomic mass is 10.0. The normalized spacial score (nSPS) is 10.8. The van der Waals surface area contributed by atoms with Crippen LogP contribution >= 0.6 is 11.3 Å². The molecule has 94 valence electrons. The molecule has 0 spiro atoms. The molecule has 3 rings (SSSR count). The Labute approximate surface area is 115 Å². The molecule has 2 nitrogen and oxygen atoms in total. The summed E-state index contributed by atoms with van der Waals surface area (Å²) >= 11 is 1.46. The number of benzene rings is 2. The molecule has 0 unspecified atom stereocenters. The minimum atomic E-state index is -0.364. The van der Waals surface area contributed by atoms with E-state index in [9.17, 15) is 4.79 Å². The van der Waals surface area contributed by atoms with E-state index in [4.69, 9.17) is 5.73 Å². The third kappa shape index (κ3) is 2.13. The Morgan fingerprint density at radius 2 is 1.89 bits per heavy atom. The molecule has 0 fully saturated rings. The summed E-state index contributed by atoms with van der Waals surface area (Å²) in [6.45, 7) is 2.08. The van der Waals surface area contributed by atoms with Gasteiger partial charge in [-0.2, -0.15) is 0 Å². The van der Waals surface area contributed by atoms with Crippen molar-refractivity contribution in [3.05, 3.63) is 59.0 Å². The summed E-state index contributed by atoms with van der Waals surface area (Å²) in [7, 11) is 0. The van der Waals surface area contributed by atoms with E-state index >= 15 is 0 Å². The number of fused-ring (bicyclic) bond motifs is 1. The predicted octanol–water partition coefficient (Wildman–Crippen LogP) is 3.98. The highest BCUT2D eigenvalue weighted by Crippen LogP contribution is 2.34. The van der Waals surface area contributed by atoms with Crippen molar-refractivity contribution in [2.75, 3.05) is 0 Å². The summed E-state index contributed by atoms with van der Waals surface area (Å²) in [4.78, 5) is 11.9. The number of nitrogens with two attached hydrogens (primary N) is 1. The summed E-state index contributed by atoms with van der Waals surface area (Å²) in [6, 6.07) is 16.3. The van der Waals surface area contributed by atoms with Crippen LogP contribution in [0.2, 0.25) is 0 Å². The molecule has 0 bridgehead atoms. The van der Waals surface area contributed by atoms with Gasteiger partial charge in [0.05, 0.1) is 4.88 Å². The topological polar surface area (TPSA) is 43.1 Å². The van der Waals surface area contributed by atoms with Gasteiger partial charge in [0.15, 0.2) is 0 Å². The van der Waals surface area contributed by atoms with Gasteiger partial charge in [0.1, 0.15) is 0 Å². The zero-order chi connectivity index (χ0) is 13.4. The zero-order valence-corrected chi connectivity index (χ0v) is 11.3. The van der Waals surface area contributed by atoms with Crippen molar-refractivity contribution in [1.82, 2.24) is 0 Å². The fourth-order valence-electron chi connectivity index (χ4n) is 2.22. The fourth-order valence-corrected chi connectivity index (χ4v) is 3.27. The number of carbonyl (C=O) groups is 1. The van der Waals surface area contributed by atoms with Crippen LogP contribution in [0.5, 0.6) is 0 Å². The molecular weight excluding hydrogens is 254 g/mol. The van der Waals surface area contributed by atoms with E-state index in [-0.39, 0.29) is 5.91 Å². The maximum Gasteiger partial charge on any atom is 0.258 e. The van der Waals surface area contributed by atoms with Gasteiger partial charge >= 0.3 is 0 Å². The maximum atomic E-state index is 11.3. The van der Waals surface area contributed by atoms with E-state index in [0.29, 0.717) is 4.88 Å². The number of aryl methyl sites for hydroxylation is 1. The largest absolute Gasteiger partial charge is 0.365 e. The highest BCUT2D eigenvalue weighted by molar-refractivity contribution is 7.21. The van der Waals surface area contributed by atoms with Crippen molar-refractivity contribution >= 4 is 27.3 Å². The molecule has 3 aromatic rings. The first-order chi connectivity index (χ1) is 9.15. The molecule has 0 saturated carbocycles. The lowest BCUT2D eigenvalue weighted by Gasteiger charge is -2.04. The number of hydrogen-bond donors (Lipinski definition) is 1. The Morgan fingerprint density at radius 3 is 2.63 bits per heavy atom. The number of thiophene rings is 1. The second kappa shape index (κ2) is 4.52. The molecule has 1 aromatic heterocycles. The third-order valence-electron chi connectivity index (χ3n) is 3.12. The fraction of sp³-hybridized carbons (Fsp3) is 0.0625. The van der Waals surface area contributed by atoms with Crippen LogP contribution in [-0.2, 0) is 0 Å². The lowest BCUT2D eigenvalue weighted by molar-refractivity contribution is 0.100. The lowest BCUT2D eigenvalue weighted by Crippen LogP contribution is -2.07. The Balaban J connectivity index is 2.26. The summed E-state index contributed by atoms with van der Waals surface area (Å²) in [5.74, 6) is -0.364. The molecule has 0 atom stereocenters. The van der Waals surface area contributed by atoms with E-state index in [1.54, 1.807) is 0 Å². The quantitative estimate of drug-likeness (QED) is 0.750. The monoisotopic (exact) mass is 267 g/mol. The SMILES string of the molecule is Cc1cccc(-c2cccc3cc(C(N)=O)sc23)c1. The Morgan fingerprint density at radius 1 is 1.11 bits per heavy atom. The molecule has 1 heterocycles. The van der Waals surface area contributed by atoms with E-state index in [2.05, 4.69) is 31.2 Å². The van der Waals surface area contributed by atoms with Crippen LogP contribution in [0.1, 0.15) is 15.2 Å². The molecule has 19 heavy (non-hydrogen) atoms. The summed E-state index contributed by atoms with van der Waals surface area (Å²) in [6.07, 6.45) is 0. The van der Waals surface area contributed by atoms with Gasteiger partial charge < -0.3 is 5.73 Å². The summed E-state index contributed by atoms with van der Waals surface area (Å²) in [5.41, 5.74) is 8.91. The number of carbonyl (C=O) groups excluding carboxylic acids is 1. The molecule has 2 N–H and O–H groups in total. The van der Waals surface area contributed by atoms with Gasteiger partial charge in [-0.05, 0) is 29.5 Å². The van der Waals surface area contributed by atoms with Gasteiger partial charge in [0.25, 0.3) is 5.91 Å². The number of primary amides is 1. The van der Waals surface area contributed by atoms with E-state index < -0.39 is 0 Å². The minimum Gasteiger partial charge on any atom is -0.365 e. The Kier molecular flexibility index (Phi) is 2.84. The van der Waals surface area contributed by atoms with Crippen molar-refractivity contribution in [3.8, 4) is 11.1 Å². The Hall–Kier alpha value is -2.13. The molecule has 0 radical (unpaired) electrons. The number of rotatable bonds is 2. The average molecular weight is 267 g/mol. The summed E-state index contributed by atoms with van der Waals surface area (Å²) < 4.78 is 1.11. The van der Waals surface area contributed by atoms with Crippen LogP contribution in [0.25, 0.3) is 21.2 Å². The number of amides is 1. The standard InChI is InChI=1S/C16H13NOS/c1-10-4-2-5-11(8-10)13-7-3-6-12-9-14(16(17)18)19-15(12)13/h2-9H,1H3,(H2,17,18). The smallest absolute Gasteiger partial charge is 0.258 e. The van der Waals surface area contributed by atoms with Crippen molar-refractivity contribution in [1.29, 1.82) is 0 Å². The minimum absolute atomic E-state index is 0.364. The first-order valence-electron chi connectivity index (χ1n) is 6.04. The molecule has 2 aromatic carbocycles. The van der Waals surface area contributed by atoms with Crippen LogP contribution in [0.3, 0.4) is 0 Å². The Bertz CT molecular complexity index is 773. The highest BCUT2D eigenvalue weighted by atomic mass is 32.1. The molecule has 0 aliphatic rings. The van der Waals surface area contributed by atoms with Crippen molar-refractivity contribution in [2.24, 2.45) is 5.73 Å². The first-order valence-corrected chi connectivity index (χ1v) is 6.86. The van der Waals surface area contributed by atoms with Gasteiger partial charge in [-0.15, -0.1) is 11.3 Å². The first kappa shape index (κ1) is 11.9. The van der Waals surface area contributed by atoms with Crippen LogP contribution in [0.4, 0.5) is 0 Å². The van der Waals surface area contributed by atoms with Gasteiger partial charge in [-0.1, -0.05) is 48.0 Å². The van der Waals surface area contributed by atoms with Gasteiger partial charge in [-0.25, -0.2) is 0 Å². The number of hydrogen-bond acceptors (Lipinski definition) is 2. The van der Waals surface area contributed by atoms with Gasteiger partial charge in [0, 0.05) is 4.70 Å². The molecule has 0 aliphatic carbocycles. The van der Waals surface area contributed by atoms with Gasteiger partial charge in [-0.3, -0.25) is 4.79 Å². The summed E-state index contributed by atoms with van der Waals surface area (Å²) in [5, 5.41) is 1.07. The molecule has 3 heteroatoms. The highest BCUT2D eigenvalue weighted by Gasteiger charge is 2.10. The molecule has 0 saturated heterocycles. The third-order valence-corrected chi connectivity index (χ3v) is 4.31. The maximum absolute atomic E-state index is 11.3. The van der Waals surface area contributed by atoms with Crippen LogP contribution in [0.15, 0.2) is 48.5 Å². The van der Waals surface area contributed by atoms with Gasteiger partial charge in [0.2, 0.25) is 0 Å². The molecule has 0 aliphatic heterocycles. The van der Waals surface area contributed by atoms with E-state index in [0.717, 1.165) is 15.6 Å². The average Bonchev–Trinajstić information content (AvgIpc) is 2.82. The molecular formula is C16H13NOS. The second-order valence-electron chi connectivity index (χ2n) is 4.57. The predicted molar refractivity (Wildman–Crippen MR) is 80.5 cm³/mol. The zero-order valence-electron chi connectivity index (χ0n) is 10.5. The van der Waals surface area contributed by atoms with Crippen molar-refractivity contribution in [3.63, 3.8) is 0 Å². The van der Waals surface area contributed by atoms with E-state index in [1.807, 2.05) is 24.3 Å². The molecule has 1 amide bonds. The van der Waals surface area contributed by atoms with Crippen LogP contribution in [0, 0.1) is 6.92 Å². The second-order valence-corrected chi connectivity index (χ2v) is 5.62. The van der Waals surface area contributed by atoms with E-state index in [1.165, 1.54) is 22.5 Å².